The van der Waals surface area contributed by atoms with Gasteiger partial charge in [-0.05, 0) is 29.5 Å². The smallest absolute Gasteiger partial charge is 0.191 e. The van der Waals surface area contributed by atoms with Gasteiger partial charge in [-0.2, -0.15) is 0 Å². The third kappa shape index (κ3) is 10.5. The fraction of sp³-hybridized carbons (Fsp3) is 0.562. The van der Waals surface area contributed by atoms with Crippen molar-refractivity contribution in [2.45, 2.75) is 26.8 Å². The molecule has 0 spiro atoms. The zero-order chi connectivity index (χ0) is 18.4. The number of hydrogen-bond donors (Lipinski definition) is 2. The summed E-state index contributed by atoms with van der Waals surface area (Å²) in [6.07, 6.45) is 1.84. The molecule has 0 fully saturated rings. The van der Waals surface area contributed by atoms with Gasteiger partial charge in [0.1, 0.15) is 9.84 Å². The second-order valence-corrected chi connectivity index (χ2v) is 9.66. The second kappa shape index (κ2) is 10.8. The van der Waals surface area contributed by atoms with Crippen LogP contribution in [-0.2, 0) is 16.4 Å². The summed E-state index contributed by atoms with van der Waals surface area (Å²) in [5, 5.41) is 7.60. The summed E-state index contributed by atoms with van der Waals surface area (Å²) >= 11 is 12.0. The fourth-order valence-corrected chi connectivity index (χ4v) is 3.34. The summed E-state index contributed by atoms with van der Waals surface area (Å²) in [6.45, 7) is 5.17. The van der Waals surface area contributed by atoms with E-state index in [9.17, 15) is 8.42 Å². The van der Waals surface area contributed by atoms with Gasteiger partial charge >= 0.3 is 0 Å². The number of rotatable bonds is 7. The second-order valence-electron chi connectivity index (χ2n) is 6.56. The van der Waals surface area contributed by atoms with Crippen LogP contribution in [0.15, 0.2) is 23.2 Å². The molecule has 144 valence electrons. The lowest BCUT2D eigenvalue weighted by Crippen LogP contribution is -2.42. The normalized spacial score (nSPS) is 12.5. The number of nitrogens with one attached hydrogen (secondary N) is 2. The van der Waals surface area contributed by atoms with Gasteiger partial charge in [-0.25, -0.2) is 8.42 Å². The quantitative estimate of drug-likeness (QED) is 0.326. The third-order valence-electron chi connectivity index (χ3n) is 3.57. The highest BCUT2D eigenvalue weighted by atomic mass is 127. The molecule has 5 nitrogen and oxygen atoms in total. The van der Waals surface area contributed by atoms with Crippen LogP contribution < -0.4 is 10.6 Å². The van der Waals surface area contributed by atoms with E-state index in [1.165, 1.54) is 6.26 Å². The van der Waals surface area contributed by atoms with Crippen LogP contribution in [0.4, 0.5) is 0 Å². The van der Waals surface area contributed by atoms with Gasteiger partial charge in [0.15, 0.2) is 5.96 Å². The molecular weight excluding hydrogens is 496 g/mol. The Morgan fingerprint density at radius 1 is 1.24 bits per heavy atom. The van der Waals surface area contributed by atoms with Crippen molar-refractivity contribution in [1.82, 2.24) is 10.6 Å². The topological polar surface area (TPSA) is 70.6 Å². The third-order valence-corrected chi connectivity index (χ3v) is 5.10. The van der Waals surface area contributed by atoms with Gasteiger partial charge in [0.2, 0.25) is 0 Å². The van der Waals surface area contributed by atoms with E-state index in [0.717, 1.165) is 5.56 Å². The molecule has 0 heterocycles. The molecule has 0 saturated heterocycles. The summed E-state index contributed by atoms with van der Waals surface area (Å²) in [5.74, 6) is 0.808. The lowest BCUT2D eigenvalue weighted by atomic mass is 9.90. The van der Waals surface area contributed by atoms with Crippen LogP contribution in [0.3, 0.4) is 0 Å². The Bertz CT molecular complexity index is 695. The van der Waals surface area contributed by atoms with Gasteiger partial charge in [0.05, 0.1) is 5.75 Å². The minimum atomic E-state index is -2.96. The predicted molar refractivity (Wildman–Crippen MR) is 118 cm³/mol. The first kappa shape index (κ1) is 24.8. The molecular formula is C16H26Cl2IN3O2S. The van der Waals surface area contributed by atoms with Crippen LogP contribution in [-0.4, -0.2) is 40.0 Å². The number of benzene rings is 1. The van der Waals surface area contributed by atoms with Gasteiger partial charge in [-0.1, -0.05) is 43.1 Å². The Balaban J connectivity index is 0.00000576. The summed E-state index contributed by atoms with van der Waals surface area (Å²) in [7, 11) is -1.27. The Kier molecular flexibility index (Phi) is 10.7. The molecule has 0 radical (unpaired) electrons. The van der Waals surface area contributed by atoms with Gasteiger partial charge in [-0.15, -0.1) is 24.0 Å². The van der Waals surface area contributed by atoms with Crippen molar-refractivity contribution in [3.63, 3.8) is 0 Å². The van der Waals surface area contributed by atoms with E-state index in [1.807, 2.05) is 19.9 Å². The average molecular weight is 522 g/mol. The molecule has 0 saturated carbocycles. The standard InChI is InChI=1S/C16H25Cl2N3O2S.HI/c1-16(2,7-8-24(4,22)23)11-21-15(19-3)20-10-12-5-6-13(17)9-14(12)18;/h5-6,9H,7-8,10-11H2,1-4H3,(H2,19,20,21);1H. The van der Waals surface area contributed by atoms with Gasteiger partial charge < -0.3 is 10.6 Å². The van der Waals surface area contributed by atoms with E-state index in [1.54, 1.807) is 19.2 Å². The monoisotopic (exact) mass is 521 g/mol. The molecule has 0 aromatic heterocycles. The molecule has 0 aliphatic heterocycles. The number of halogens is 3. The first-order valence-electron chi connectivity index (χ1n) is 7.58. The Morgan fingerprint density at radius 2 is 1.88 bits per heavy atom. The predicted octanol–water partition coefficient (Wildman–Crippen LogP) is 3.74. The van der Waals surface area contributed by atoms with E-state index in [0.29, 0.717) is 35.5 Å². The van der Waals surface area contributed by atoms with Crippen LogP contribution in [0.1, 0.15) is 25.8 Å². The van der Waals surface area contributed by atoms with Crippen molar-refractivity contribution in [2.24, 2.45) is 10.4 Å². The summed E-state index contributed by atoms with van der Waals surface area (Å²) < 4.78 is 22.6. The van der Waals surface area contributed by atoms with Gasteiger partial charge in [0.25, 0.3) is 0 Å². The molecule has 0 amide bonds. The summed E-state index contributed by atoms with van der Waals surface area (Å²) in [5.41, 5.74) is 0.749. The van der Waals surface area contributed by atoms with Crippen LogP contribution in [0.25, 0.3) is 0 Å². The number of nitrogens with zero attached hydrogens (tertiary/aromatic N) is 1. The number of hydrogen-bond acceptors (Lipinski definition) is 3. The molecule has 9 heteroatoms. The zero-order valence-electron chi connectivity index (χ0n) is 14.9. The van der Waals surface area contributed by atoms with Crippen LogP contribution >= 0.6 is 47.2 Å². The van der Waals surface area contributed by atoms with Crippen molar-refractivity contribution in [3.8, 4) is 0 Å². The number of aliphatic imine (C=N–C) groups is 1. The number of sulfone groups is 1. The molecule has 0 unspecified atom stereocenters. The highest BCUT2D eigenvalue weighted by molar-refractivity contribution is 14.0. The summed E-state index contributed by atoms with van der Waals surface area (Å²) in [6, 6.07) is 5.35. The van der Waals surface area contributed by atoms with Gasteiger partial charge in [0, 0.05) is 36.4 Å². The highest BCUT2D eigenvalue weighted by Gasteiger charge is 2.20. The van der Waals surface area contributed by atoms with E-state index in [-0.39, 0.29) is 35.1 Å². The molecule has 0 aliphatic rings. The zero-order valence-corrected chi connectivity index (χ0v) is 19.6. The van der Waals surface area contributed by atoms with Gasteiger partial charge in [-0.3, -0.25) is 4.99 Å². The first-order valence-corrected chi connectivity index (χ1v) is 10.4. The average Bonchev–Trinajstić information content (AvgIpc) is 2.46. The Hall–Kier alpha value is -0.250. The molecule has 1 rings (SSSR count). The lowest BCUT2D eigenvalue weighted by molar-refractivity contribution is 0.348. The molecule has 1 aromatic carbocycles. The fourth-order valence-electron chi connectivity index (χ4n) is 1.94. The summed E-state index contributed by atoms with van der Waals surface area (Å²) in [4.78, 5) is 4.17. The number of guanidine groups is 1. The maximum absolute atomic E-state index is 11.3. The first-order chi connectivity index (χ1) is 11.0. The van der Waals surface area contributed by atoms with Crippen LogP contribution in [0.5, 0.6) is 0 Å². The van der Waals surface area contributed by atoms with Crippen LogP contribution in [0.2, 0.25) is 10.0 Å². The SMILES string of the molecule is CN=C(NCc1ccc(Cl)cc1Cl)NCC(C)(C)CCS(C)(=O)=O.I. The Morgan fingerprint density at radius 3 is 2.40 bits per heavy atom. The molecule has 0 atom stereocenters. The molecule has 1 aromatic rings. The largest absolute Gasteiger partial charge is 0.356 e. The van der Waals surface area contributed by atoms with Crippen molar-refractivity contribution in [3.05, 3.63) is 33.8 Å². The maximum atomic E-state index is 11.3. The molecule has 0 bridgehead atoms. The van der Waals surface area contributed by atoms with E-state index >= 15 is 0 Å². The lowest BCUT2D eigenvalue weighted by Gasteiger charge is -2.25. The van der Waals surface area contributed by atoms with Crippen molar-refractivity contribution in [2.75, 3.05) is 25.6 Å². The molecule has 0 aliphatic carbocycles. The van der Waals surface area contributed by atoms with Crippen molar-refractivity contribution < 1.29 is 8.42 Å². The molecule has 2 N–H and O–H groups in total. The highest BCUT2D eigenvalue weighted by Crippen LogP contribution is 2.21. The van der Waals surface area contributed by atoms with Crippen LogP contribution in [0, 0.1) is 5.41 Å². The molecule has 25 heavy (non-hydrogen) atoms. The van der Waals surface area contributed by atoms with Crippen molar-refractivity contribution >= 4 is 63.0 Å². The minimum Gasteiger partial charge on any atom is -0.356 e. The minimum absolute atomic E-state index is 0. The Labute approximate surface area is 177 Å². The van der Waals surface area contributed by atoms with E-state index in [2.05, 4.69) is 15.6 Å². The van der Waals surface area contributed by atoms with Crippen molar-refractivity contribution in [1.29, 1.82) is 0 Å². The maximum Gasteiger partial charge on any atom is 0.191 e. The van der Waals surface area contributed by atoms with E-state index < -0.39 is 9.84 Å². The van der Waals surface area contributed by atoms with E-state index in [4.69, 9.17) is 23.2 Å².